The number of anilines is 3. The fourth-order valence-corrected chi connectivity index (χ4v) is 9.72. The van der Waals surface area contributed by atoms with E-state index in [1.807, 2.05) is 0 Å². The highest BCUT2D eigenvalue weighted by Crippen LogP contribution is 2.41. The van der Waals surface area contributed by atoms with Gasteiger partial charge in [-0.2, -0.15) is 0 Å². The van der Waals surface area contributed by atoms with Crippen molar-refractivity contribution in [3.8, 4) is 61.8 Å². The predicted octanol–water partition coefficient (Wildman–Crippen LogP) is 16.6. The Balaban J connectivity index is 0.901. The average molecular weight is 849 g/mol. The molecule has 4 heteroatoms. The zero-order chi connectivity index (χ0) is 44.7. The summed E-state index contributed by atoms with van der Waals surface area (Å²) in [5.41, 5.74) is 21.5. The minimum absolute atomic E-state index is 0.741. The topological polar surface area (TPSA) is 34.0 Å². The quantitative estimate of drug-likeness (QED) is 0.145. The van der Waals surface area contributed by atoms with Gasteiger partial charge >= 0.3 is 0 Å². The summed E-state index contributed by atoms with van der Waals surface area (Å²) in [5.74, 6) is 0.741. The van der Waals surface area contributed by atoms with Crippen LogP contribution in [0.3, 0.4) is 0 Å². The normalized spacial score (nSPS) is 11.3. The van der Waals surface area contributed by atoms with Crippen molar-refractivity contribution in [2.45, 2.75) is 27.7 Å². The first-order valence-corrected chi connectivity index (χ1v) is 22.7. The first-order valence-electron chi connectivity index (χ1n) is 22.7. The van der Waals surface area contributed by atoms with E-state index in [9.17, 15) is 0 Å². The number of benzene rings is 9. The van der Waals surface area contributed by atoms with Crippen LogP contribution in [0.5, 0.6) is 0 Å². The van der Waals surface area contributed by atoms with E-state index in [0.29, 0.717) is 0 Å². The maximum Gasteiger partial charge on any atom is 0.160 e. The van der Waals surface area contributed by atoms with Crippen molar-refractivity contribution < 1.29 is 0 Å². The fraction of sp³-hybridized carbons (Fsp3) is 0.0645. The second kappa shape index (κ2) is 17.0. The van der Waals surface area contributed by atoms with Gasteiger partial charge in [0.25, 0.3) is 0 Å². The Bertz CT molecular complexity index is 3430. The van der Waals surface area contributed by atoms with E-state index in [0.717, 1.165) is 62.2 Å². The predicted molar refractivity (Wildman–Crippen MR) is 277 cm³/mol. The molecule has 0 aliphatic heterocycles. The monoisotopic (exact) mass is 848 g/mol. The summed E-state index contributed by atoms with van der Waals surface area (Å²) >= 11 is 0. The third-order valence-electron chi connectivity index (χ3n) is 12.9. The summed E-state index contributed by atoms with van der Waals surface area (Å²) in [7, 11) is 0. The molecule has 0 saturated heterocycles. The molecule has 0 N–H and O–H groups in total. The van der Waals surface area contributed by atoms with Gasteiger partial charge in [0, 0.05) is 50.2 Å². The lowest BCUT2D eigenvalue weighted by Gasteiger charge is -2.25. The lowest BCUT2D eigenvalue weighted by Crippen LogP contribution is -2.09. The molecule has 66 heavy (non-hydrogen) atoms. The molecule has 2 aromatic heterocycles. The molecule has 0 unspecified atom stereocenters. The van der Waals surface area contributed by atoms with E-state index in [2.05, 4.69) is 256 Å². The van der Waals surface area contributed by atoms with Crippen LogP contribution < -0.4 is 4.90 Å². The zero-order valence-corrected chi connectivity index (χ0v) is 37.6. The molecule has 0 atom stereocenters. The van der Waals surface area contributed by atoms with Crippen molar-refractivity contribution in [3.05, 3.63) is 241 Å². The van der Waals surface area contributed by atoms with Gasteiger partial charge in [0.15, 0.2) is 5.82 Å². The number of rotatable bonds is 9. The van der Waals surface area contributed by atoms with Gasteiger partial charge in [-0.05, 0) is 151 Å². The van der Waals surface area contributed by atoms with E-state index in [4.69, 9.17) is 9.97 Å². The second-order valence-electron chi connectivity index (χ2n) is 17.3. The summed E-state index contributed by atoms with van der Waals surface area (Å²) < 4.78 is 2.39. The van der Waals surface area contributed by atoms with Crippen molar-refractivity contribution in [1.29, 1.82) is 0 Å². The van der Waals surface area contributed by atoms with Gasteiger partial charge in [-0.15, -0.1) is 0 Å². The van der Waals surface area contributed by atoms with Gasteiger partial charge < -0.3 is 9.47 Å². The van der Waals surface area contributed by atoms with Crippen LogP contribution >= 0.6 is 0 Å². The van der Waals surface area contributed by atoms with Crippen molar-refractivity contribution in [2.24, 2.45) is 0 Å². The van der Waals surface area contributed by atoms with Crippen LogP contribution in [0.25, 0.3) is 83.6 Å². The Morgan fingerprint density at radius 1 is 0.348 bits per heavy atom. The Morgan fingerprint density at radius 3 is 1.50 bits per heavy atom. The summed E-state index contributed by atoms with van der Waals surface area (Å²) in [6.07, 6.45) is 0. The minimum Gasteiger partial charge on any atom is -0.310 e. The number of hydrogen-bond donors (Lipinski definition) is 0. The van der Waals surface area contributed by atoms with Crippen molar-refractivity contribution >= 4 is 38.9 Å². The highest BCUT2D eigenvalue weighted by molar-refractivity contribution is 6.10. The fourth-order valence-electron chi connectivity index (χ4n) is 9.72. The van der Waals surface area contributed by atoms with Crippen LogP contribution in [-0.2, 0) is 0 Å². The molecular weight excluding hydrogens is 801 g/mol. The molecule has 9 aromatic carbocycles. The first-order chi connectivity index (χ1) is 32.4. The van der Waals surface area contributed by atoms with Crippen LogP contribution in [-0.4, -0.2) is 14.5 Å². The standard InChI is InChI=1S/C62H48N4/c1-41-17-11-13-23-53(41)58-40-57(63-62(64-58)54-24-14-12-18-42(54)2)48-37-43(3)61(44(4)38-48)47-29-27-45(28-30-47)46-31-33-51(34-32-46)66-59-26-16-15-25-55(59)56-39-52(35-36-60(56)66)65(49-19-7-5-8-20-49)50-21-9-6-10-22-50/h5-40H,1-4H3. The minimum atomic E-state index is 0.741. The molecule has 2 heterocycles. The maximum absolute atomic E-state index is 5.19. The average Bonchev–Trinajstić information content (AvgIpc) is 3.68. The highest BCUT2D eigenvalue weighted by Gasteiger charge is 2.19. The van der Waals surface area contributed by atoms with Crippen LogP contribution in [0, 0.1) is 27.7 Å². The zero-order valence-electron chi connectivity index (χ0n) is 37.6. The van der Waals surface area contributed by atoms with Crippen LogP contribution in [0.4, 0.5) is 17.1 Å². The number of hydrogen-bond acceptors (Lipinski definition) is 3. The number of aromatic nitrogens is 3. The number of fused-ring (bicyclic) bond motifs is 3. The third-order valence-corrected chi connectivity index (χ3v) is 12.9. The van der Waals surface area contributed by atoms with E-state index >= 15 is 0 Å². The van der Waals surface area contributed by atoms with Gasteiger partial charge in [-0.3, -0.25) is 0 Å². The Hall–Kier alpha value is -8.34. The van der Waals surface area contributed by atoms with Crippen molar-refractivity contribution in [2.75, 3.05) is 4.90 Å². The highest BCUT2D eigenvalue weighted by atomic mass is 15.1. The lowest BCUT2D eigenvalue weighted by molar-refractivity contribution is 1.17. The van der Waals surface area contributed by atoms with Gasteiger partial charge in [0.05, 0.1) is 22.4 Å². The number of para-hydroxylation sites is 3. The molecule has 4 nitrogen and oxygen atoms in total. The summed E-state index contributed by atoms with van der Waals surface area (Å²) in [5, 5.41) is 2.44. The van der Waals surface area contributed by atoms with Crippen LogP contribution in [0.1, 0.15) is 22.3 Å². The SMILES string of the molecule is Cc1ccccc1-c1cc(-c2cc(C)c(-c3ccc(-c4ccc(-n5c6ccccc6c6cc(N(c7ccccc7)c7ccccc7)ccc65)cc4)cc3)c(C)c2)nc(-c2ccccc2C)n1. The van der Waals surface area contributed by atoms with E-state index < -0.39 is 0 Å². The third kappa shape index (κ3) is 7.42. The van der Waals surface area contributed by atoms with Crippen molar-refractivity contribution in [1.82, 2.24) is 14.5 Å². The molecule has 0 aliphatic carbocycles. The molecule has 0 amide bonds. The Labute approximate surface area is 386 Å². The molecule has 0 spiro atoms. The molecule has 11 aromatic rings. The lowest BCUT2D eigenvalue weighted by atomic mass is 9.91. The maximum atomic E-state index is 5.19. The molecule has 0 aliphatic rings. The van der Waals surface area contributed by atoms with E-state index in [-0.39, 0.29) is 0 Å². The Kier molecular flexibility index (Phi) is 10.4. The van der Waals surface area contributed by atoms with Gasteiger partial charge in [0.1, 0.15) is 0 Å². The molecule has 11 rings (SSSR count). The molecule has 316 valence electrons. The second-order valence-corrected chi connectivity index (χ2v) is 17.3. The molecule has 0 fully saturated rings. The summed E-state index contributed by atoms with van der Waals surface area (Å²) in [6.45, 7) is 8.68. The first kappa shape index (κ1) is 40.4. The summed E-state index contributed by atoms with van der Waals surface area (Å²) in [4.78, 5) is 12.6. The number of nitrogens with zero attached hydrogens (tertiary/aromatic N) is 4. The van der Waals surface area contributed by atoms with Gasteiger partial charge in [-0.25, -0.2) is 9.97 Å². The largest absolute Gasteiger partial charge is 0.310 e. The van der Waals surface area contributed by atoms with Gasteiger partial charge in [-0.1, -0.05) is 140 Å². The molecule has 0 radical (unpaired) electrons. The summed E-state index contributed by atoms with van der Waals surface area (Å²) in [6, 6.07) is 78.3. The smallest absolute Gasteiger partial charge is 0.160 e. The van der Waals surface area contributed by atoms with E-state index in [1.54, 1.807) is 0 Å². The molecular formula is C62H48N4. The Morgan fingerprint density at radius 2 is 0.864 bits per heavy atom. The molecule has 0 bridgehead atoms. The molecule has 0 saturated carbocycles. The van der Waals surface area contributed by atoms with Crippen molar-refractivity contribution in [3.63, 3.8) is 0 Å². The van der Waals surface area contributed by atoms with Crippen LogP contribution in [0.2, 0.25) is 0 Å². The van der Waals surface area contributed by atoms with E-state index in [1.165, 1.54) is 60.8 Å². The van der Waals surface area contributed by atoms with Gasteiger partial charge in [0.2, 0.25) is 0 Å². The van der Waals surface area contributed by atoms with Crippen LogP contribution in [0.15, 0.2) is 218 Å². The number of aryl methyl sites for hydroxylation is 4.